The van der Waals surface area contributed by atoms with E-state index in [1.807, 2.05) is 18.2 Å². The average molecular weight is 1340 g/mol. The summed E-state index contributed by atoms with van der Waals surface area (Å²) in [4.78, 5) is 5.11. The van der Waals surface area contributed by atoms with Gasteiger partial charge in [-0.05, 0) is 189 Å². The molecule has 0 bridgehead atoms. The molecule has 506 valence electrons. The Morgan fingerprint density at radius 2 is 0.757 bits per heavy atom. The number of hydrogen-bond donors (Lipinski definition) is 0. The number of fused-ring (bicyclic) bond motifs is 10. The number of anilines is 6. The average Bonchev–Trinajstić information content (AvgIpc) is 0.951. The van der Waals surface area contributed by atoms with Gasteiger partial charge in [-0.25, -0.2) is 0 Å². The molecule has 0 spiro atoms. The van der Waals surface area contributed by atoms with Gasteiger partial charge in [0.1, 0.15) is 11.2 Å². The van der Waals surface area contributed by atoms with Crippen LogP contribution < -0.4 is 26.2 Å². The van der Waals surface area contributed by atoms with E-state index >= 15 is 0 Å². The topological polar surface area (TPSA) is 24.6 Å². The van der Waals surface area contributed by atoms with Gasteiger partial charge in [0.05, 0.1) is 40.3 Å². The fourth-order valence-corrected chi connectivity index (χ4v) is 16.1. The van der Waals surface area contributed by atoms with Crippen LogP contribution in [0.1, 0.15) is 139 Å². The minimum atomic E-state index is -0.466. The zero-order valence-electron chi connectivity index (χ0n) is 66.9. The highest BCUT2D eigenvalue weighted by molar-refractivity contribution is 7.00. The van der Waals surface area contributed by atoms with Crippen LogP contribution in [-0.2, 0) is 27.1 Å². The summed E-state index contributed by atoms with van der Waals surface area (Å²) >= 11 is 0. The minimum absolute atomic E-state index is 0.126. The summed E-state index contributed by atoms with van der Waals surface area (Å²) in [6.07, 6.45) is 0. The van der Waals surface area contributed by atoms with Crippen molar-refractivity contribution >= 4 is 101 Å². The maximum Gasteiger partial charge on any atom is 0.252 e. The zero-order valence-corrected chi connectivity index (χ0v) is 61.9. The fourth-order valence-electron chi connectivity index (χ4n) is 16.1. The molecular weight excluding hydrogens is 1250 g/mol. The Labute approximate surface area is 616 Å². The molecule has 0 atom stereocenters. The van der Waals surface area contributed by atoms with Gasteiger partial charge in [-0.15, -0.1) is 0 Å². The summed E-state index contributed by atoms with van der Waals surface area (Å²) in [5.74, 6) is 0. The van der Waals surface area contributed by atoms with Crippen molar-refractivity contribution in [2.75, 3.05) is 9.80 Å². The van der Waals surface area contributed by atoms with E-state index in [2.05, 4.69) is 343 Å². The van der Waals surface area contributed by atoms with Crippen LogP contribution in [0.4, 0.5) is 34.1 Å². The molecule has 0 radical (unpaired) electrons. The molecule has 17 rings (SSSR count). The van der Waals surface area contributed by atoms with Gasteiger partial charge < -0.3 is 18.8 Å². The van der Waals surface area contributed by atoms with E-state index in [-0.39, 0.29) is 44.7 Å². The molecule has 2 aromatic heterocycles. The van der Waals surface area contributed by atoms with Crippen LogP contribution in [0.25, 0.3) is 105 Å². The standard InChI is InChI=1S/C98H90BN3O/c1-94(2,3)68-42-47-82-78(55-68)79-56-69(95(4,5)6)43-48-83(79)100(82)73-59-86-91-87(60-73)102(93-74(62-32-22-17-23-33-62)44-49-89-90(93)75-38-28-29-39-88(75)103-89)85-52-65(61-30-20-16-21-31-61)40-45-81(85)99(91)80-46-41-66(67-50-70(96(7,8)9)54-71(51-67)97(10,11)12)53-84(80)101(86)92-76(63-34-24-18-25-35-63)57-72(98(13,14)15)58-77(92)64-36-26-19-27-37-64/h16-60H,1-15H3/i16D,20D,21D,30D,31D. The molecular formula is C98H90BN3O. The van der Waals surface area contributed by atoms with E-state index in [0.717, 1.165) is 139 Å². The van der Waals surface area contributed by atoms with Crippen LogP contribution in [0.2, 0.25) is 0 Å². The molecule has 5 heteroatoms. The normalized spacial score (nSPS) is 14.0. The van der Waals surface area contributed by atoms with E-state index in [0.29, 0.717) is 11.1 Å². The van der Waals surface area contributed by atoms with E-state index in [9.17, 15) is 5.48 Å². The monoisotopic (exact) mass is 1340 g/mol. The minimum Gasteiger partial charge on any atom is -0.456 e. The van der Waals surface area contributed by atoms with Crippen LogP contribution in [0.15, 0.2) is 277 Å². The van der Waals surface area contributed by atoms with Gasteiger partial charge in [-0.1, -0.05) is 298 Å². The molecule has 2 aliphatic rings. The van der Waals surface area contributed by atoms with Gasteiger partial charge >= 0.3 is 0 Å². The molecule has 4 nitrogen and oxygen atoms in total. The molecule has 0 N–H and O–H groups in total. The molecule has 2 aliphatic heterocycles. The molecule has 0 saturated carbocycles. The Hall–Kier alpha value is -10.9. The first kappa shape index (κ1) is 59.8. The van der Waals surface area contributed by atoms with E-state index in [1.165, 1.54) is 27.8 Å². The molecule has 0 aliphatic carbocycles. The maximum atomic E-state index is 9.70. The second-order valence-electron chi connectivity index (χ2n) is 33.8. The lowest BCUT2D eigenvalue weighted by Crippen LogP contribution is -2.61. The van der Waals surface area contributed by atoms with Crippen molar-refractivity contribution in [1.82, 2.24) is 4.57 Å². The largest absolute Gasteiger partial charge is 0.456 e. The van der Waals surface area contributed by atoms with Crippen molar-refractivity contribution in [2.24, 2.45) is 0 Å². The number of para-hydroxylation sites is 1. The predicted molar refractivity (Wildman–Crippen MR) is 443 cm³/mol. The first-order chi connectivity index (χ1) is 51.3. The maximum absolute atomic E-state index is 9.70. The lowest BCUT2D eigenvalue weighted by Gasteiger charge is -2.46. The summed E-state index contributed by atoms with van der Waals surface area (Å²) in [6.45, 7) is 34.1. The molecule has 15 aromatic rings. The number of rotatable bonds is 8. The summed E-state index contributed by atoms with van der Waals surface area (Å²) in [7, 11) is 0. The van der Waals surface area contributed by atoms with Crippen LogP contribution in [0.5, 0.6) is 0 Å². The summed E-state index contributed by atoms with van der Waals surface area (Å²) < 4.78 is 56.2. The van der Waals surface area contributed by atoms with Crippen molar-refractivity contribution in [2.45, 2.75) is 131 Å². The van der Waals surface area contributed by atoms with Gasteiger partial charge in [0.25, 0.3) is 6.71 Å². The van der Waals surface area contributed by atoms with Crippen molar-refractivity contribution < 1.29 is 11.3 Å². The second-order valence-corrected chi connectivity index (χ2v) is 33.8. The van der Waals surface area contributed by atoms with Crippen molar-refractivity contribution in [1.29, 1.82) is 0 Å². The van der Waals surface area contributed by atoms with E-state index in [1.54, 1.807) is 0 Å². The van der Waals surface area contributed by atoms with Crippen LogP contribution >= 0.6 is 0 Å². The number of aromatic nitrogens is 1. The molecule has 4 heterocycles. The fraction of sp³-hybridized carbons (Fsp3) is 0.204. The predicted octanol–water partition coefficient (Wildman–Crippen LogP) is 25.6. The van der Waals surface area contributed by atoms with Gasteiger partial charge in [0.15, 0.2) is 0 Å². The van der Waals surface area contributed by atoms with Crippen LogP contribution in [0, 0.1) is 0 Å². The molecule has 0 fully saturated rings. The van der Waals surface area contributed by atoms with Crippen molar-refractivity contribution in [3.05, 3.63) is 301 Å². The Morgan fingerprint density at radius 3 is 1.25 bits per heavy atom. The first-order valence-corrected chi connectivity index (χ1v) is 36.5. The Balaban J connectivity index is 1.12. The Morgan fingerprint density at radius 1 is 0.311 bits per heavy atom. The molecule has 13 aromatic carbocycles. The summed E-state index contributed by atoms with van der Waals surface area (Å²) in [6, 6.07) is 88.2. The number of nitrogens with zero attached hydrogens (tertiary/aromatic N) is 3. The van der Waals surface area contributed by atoms with Crippen LogP contribution in [0.3, 0.4) is 0 Å². The highest BCUT2D eigenvalue weighted by Gasteiger charge is 2.46. The zero-order chi connectivity index (χ0) is 75.7. The highest BCUT2D eigenvalue weighted by atomic mass is 16.3. The third kappa shape index (κ3) is 11.1. The Kier molecular flexibility index (Phi) is 13.8. The van der Waals surface area contributed by atoms with Crippen molar-refractivity contribution in [3.63, 3.8) is 0 Å². The van der Waals surface area contributed by atoms with Gasteiger partial charge in [0, 0.05) is 55.6 Å². The lowest BCUT2D eigenvalue weighted by atomic mass is 9.33. The third-order valence-corrected chi connectivity index (χ3v) is 21.8. The molecule has 0 amide bonds. The number of furan rings is 1. The quantitative estimate of drug-likeness (QED) is 0.142. The van der Waals surface area contributed by atoms with Gasteiger partial charge in [0.2, 0.25) is 0 Å². The number of benzene rings is 13. The molecule has 0 unspecified atom stereocenters. The summed E-state index contributed by atoms with van der Waals surface area (Å²) in [5, 5.41) is 4.17. The second kappa shape index (κ2) is 23.9. The van der Waals surface area contributed by atoms with Crippen molar-refractivity contribution in [3.8, 4) is 61.3 Å². The van der Waals surface area contributed by atoms with Crippen LogP contribution in [-0.4, -0.2) is 11.3 Å². The first-order valence-electron chi connectivity index (χ1n) is 39.0. The smallest absolute Gasteiger partial charge is 0.252 e. The van der Waals surface area contributed by atoms with Gasteiger partial charge in [-0.2, -0.15) is 0 Å². The Bertz CT molecular complexity index is 6020. The van der Waals surface area contributed by atoms with E-state index < -0.39 is 24.8 Å². The number of hydrogen-bond acceptors (Lipinski definition) is 3. The summed E-state index contributed by atoms with van der Waals surface area (Å²) in [5.41, 5.74) is 27.6. The highest BCUT2D eigenvalue weighted by Crippen LogP contribution is 2.56. The lowest BCUT2D eigenvalue weighted by molar-refractivity contribution is 0.569. The SMILES string of the molecule is [2H]c1c([2H])c([2H])c(-c2ccc3c(c2)N(c2c(-c4ccccc4)ccc4oc5ccccc5c24)c2cc(-n4c5ccc(C(C)(C)C)cc5c5cc(C(C)(C)C)ccc54)cc4c2B3c2ccc(-c3cc(C(C)(C)C)cc(C(C)(C)C)c3)cc2N4c2c(-c3ccccc3)cc(C(C)(C)C)cc2-c2ccccc2)c([2H])c1[2H]. The molecule has 103 heavy (non-hydrogen) atoms. The third-order valence-electron chi connectivity index (χ3n) is 21.8. The van der Waals surface area contributed by atoms with Gasteiger partial charge in [-0.3, -0.25) is 0 Å². The molecule has 0 saturated heterocycles. The van der Waals surface area contributed by atoms with E-state index in [4.69, 9.17) is 5.79 Å².